The van der Waals surface area contributed by atoms with Crippen LogP contribution in [-0.4, -0.2) is 45.9 Å². The minimum absolute atomic E-state index is 0. The predicted octanol–water partition coefficient (Wildman–Crippen LogP) is 1.40. The molecule has 128 valence electrons. The Morgan fingerprint density at radius 2 is 2.00 bits per heavy atom. The van der Waals surface area contributed by atoms with Crippen LogP contribution in [0.15, 0.2) is 15.4 Å². The molecule has 0 radical (unpaired) electrons. The van der Waals surface area contributed by atoms with E-state index in [1.165, 1.54) is 31.5 Å². The summed E-state index contributed by atoms with van der Waals surface area (Å²) in [7, 11) is -1.09. The third-order valence-corrected chi connectivity index (χ3v) is 5.06. The molecule has 0 bridgehead atoms. The first-order valence-corrected chi connectivity index (χ1v) is 7.84. The number of furan rings is 1. The van der Waals surface area contributed by atoms with Crippen molar-refractivity contribution in [3.05, 3.63) is 17.6 Å². The van der Waals surface area contributed by atoms with Gasteiger partial charge in [-0.15, -0.1) is 12.4 Å². The molecule has 0 saturated heterocycles. The number of carbonyl (C=O) groups is 1. The van der Waals surface area contributed by atoms with Gasteiger partial charge >= 0.3 is 5.97 Å². The van der Waals surface area contributed by atoms with Crippen LogP contribution < -0.4 is 5.73 Å². The van der Waals surface area contributed by atoms with Crippen molar-refractivity contribution in [2.75, 3.05) is 27.2 Å². The lowest BCUT2D eigenvalue weighted by Crippen LogP contribution is -2.39. The van der Waals surface area contributed by atoms with Crippen LogP contribution in [0.2, 0.25) is 0 Å². The highest BCUT2D eigenvalue weighted by atomic mass is 35.5. The minimum atomic E-state index is -3.76. The lowest BCUT2D eigenvalue weighted by molar-refractivity contribution is 0.0563. The summed E-state index contributed by atoms with van der Waals surface area (Å²) in [5.74, 6) is -0.711. The lowest BCUT2D eigenvalue weighted by Gasteiger charge is -2.28. The summed E-state index contributed by atoms with van der Waals surface area (Å²) in [6.45, 7) is 5.85. The average Bonchev–Trinajstić information content (AvgIpc) is 2.80. The van der Waals surface area contributed by atoms with Crippen LogP contribution in [0.3, 0.4) is 0 Å². The molecule has 0 saturated carbocycles. The number of aryl methyl sites for hydroxylation is 1. The molecular formula is C13H23ClN2O5S. The van der Waals surface area contributed by atoms with Crippen molar-refractivity contribution in [3.8, 4) is 0 Å². The molecule has 0 unspecified atom stereocenters. The summed E-state index contributed by atoms with van der Waals surface area (Å²) in [5, 5.41) is 0. The maximum absolute atomic E-state index is 12.5. The van der Waals surface area contributed by atoms with Gasteiger partial charge < -0.3 is 14.9 Å². The van der Waals surface area contributed by atoms with E-state index < -0.39 is 16.0 Å². The molecule has 1 aromatic rings. The number of nitrogens with two attached hydrogens (primary N) is 1. The van der Waals surface area contributed by atoms with Crippen LogP contribution in [0.1, 0.15) is 30.2 Å². The number of halogens is 1. The summed E-state index contributed by atoms with van der Waals surface area (Å²) >= 11 is 0. The second-order valence-electron chi connectivity index (χ2n) is 5.65. The van der Waals surface area contributed by atoms with Gasteiger partial charge in [-0.2, -0.15) is 0 Å². The minimum Gasteiger partial charge on any atom is -0.463 e. The number of sulfonamides is 1. The van der Waals surface area contributed by atoms with Gasteiger partial charge in [-0.05, 0) is 18.9 Å². The zero-order valence-electron chi connectivity index (χ0n) is 13.4. The number of hydrogen-bond acceptors (Lipinski definition) is 6. The molecule has 1 heterocycles. The highest BCUT2D eigenvalue weighted by molar-refractivity contribution is 7.89. The van der Waals surface area contributed by atoms with Crippen LogP contribution in [0.25, 0.3) is 0 Å². The van der Waals surface area contributed by atoms with E-state index in [4.69, 9.17) is 10.2 Å². The molecule has 1 aromatic heterocycles. The highest BCUT2D eigenvalue weighted by Crippen LogP contribution is 2.25. The van der Waals surface area contributed by atoms with Crippen molar-refractivity contribution in [1.29, 1.82) is 0 Å². The Balaban J connectivity index is 0.00000441. The van der Waals surface area contributed by atoms with Crippen molar-refractivity contribution < 1.29 is 22.4 Å². The molecule has 22 heavy (non-hydrogen) atoms. The quantitative estimate of drug-likeness (QED) is 0.774. The summed E-state index contributed by atoms with van der Waals surface area (Å²) in [6.07, 6.45) is 0. The van der Waals surface area contributed by atoms with Crippen molar-refractivity contribution in [3.63, 3.8) is 0 Å². The Bertz CT molecular complexity index is 624. The van der Waals surface area contributed by atoms with Gasteiger partial charge in [-0.3, -0.25) is 0 Å². The van der Waals surface area contributed by atoms with E-state index >= 15 is 0 Å². The molecule has 0 atom stereocenters. The number of ether oxygens (including phenoxy) is 1. The highest BCUT2D eigenvalue weighted by Gasteiger charge is 2.31. The molecule has 2 N–H and O–H groups in total. The summed E-state index contributed by atoms with van der Waals surface area (Å²) in [5.41, 5.74) is 5.27. The largest absolute Gasteiger partial charge is 0.463 e. The van der Waals surface area contributed by atoms with E-state index in [0.29, 0.717) is 6.54 Å². The van der Waals surface area contributed by atoms with Gasteiger partial charge in [0.1, 0.15) is 10.7 Å². The number of carbonyl (C=O) groups excluding carboxylic acids is 1. The van der Waals surface area contributed by atoms with Gasteiger partial charge in [0.05, 0.1) is 7.11 Å². The maximum atomic E-state index is 12.5. The van der Waals surface area contributed by atoms with Crippen molar-refractivity contribution in [2.45, 2.75) is 25.7 Å². The average molecular weight is 355 g/mol. The Morgan fingerprint density at radius 1 is 1.45 bits per heavy atom. The zero-order valence-corrected chi connectivity index (χ0v) is 15.0. The van der Waals surface area contributed by atoms with Crippen LogP contribution >= 0.6 is 12.4 Å². The molecule has 9 heteroatoms. The summed E-state index contributed by atoms with van der Waals surface area (Å²) < 4.78 is 36.0. The normalized spacial score (nSPS) is 12.1. The van der Waals surface area contributed by atoms with Gasteiger partial charge in [-0.1, -0.05) is 13.8 Å². The van der Waals surface area contributed by atoms with Gasteiger partial charge in [0.25, 0.3) is 0 Å². The predicted molar refractivity (Wildman–Crippen MR) is 84.7 cm³/mol. The number of esters is 1. The van der Waals surface area contributed by atoms with Crippen molar-refractivity contribution in [1.82, 2.24) is 4.31 Å². The summed E-state index contributed by atoms with van der Waals surface area (Å²) in [4.78, 5) is 11.4. The fourth-order valence-corrected chi connectivity index (χ4v) is 3.36. The second kappa shape index (κ2) is 7.45. The Morgan fingerprint density at radius 3 is 2.45 bits per heavy atom. The van der Waals surface area contributed by atoms with Gasteiger partial charge in [-0.25, -0.2) is 17.5 Å². The molecule has 0 aromatic carbocycles. The van der Waals surface area contributed by atoms with E-state index in [1.807, 2.05) is 13.8 Å². The third-order valence-electron chi connectivity index (χ3n) is 3.15. The number of nitrogens with zero attached hydrogens (tertiary/aromatic N) is 1. The molecular weight excluding hydrogens is 332 g/mol. The zero-order chi connectivity index (χ0) is 16.4. The number of hydrogen-bond donors (Lipinski definition) is 1. The Hall–Kier alpha value is -1.09. The molecule has 1 rings (SSSR count). The first-order chi connectivity index (χ1) is 9.55. The van der Waals surface area contributed by atoms with Crippen LogP contribution in [-0.2, 0) is 14.8 Å². The van der Waals surface area contributed by atoms with Crippen molar-refractivity contribution in [2.24, 2.45) is 11.1 Å². The third kappa shape index (κ3) is 4.45. The van der Waals surface area contributed by atoms with Crippen molar-refractivity contribution >= 4 is 28.4 Å². The molecule has 7 nitrogen and oxygen atoms in total. The fraction of sp³-hybridized carbons (Fsp3) is 0.615. The monoisotopic (exact) mass is 354 g/mol. The molecule has 0 amide bonds. The molecule has 0 aliphatic rings. The standard InChI is InChI=1S/C13H22N2O5S.ClH/c1-9-11(6-10(20-9)12(16)19-5)21(17,18)15(4)8-13(2,3)7-14;/h6H,7-8,14H2,1-5H3;1H. The smallest absolute Gasteiger partial charge is 0.373 e. The first-order valence-electron chi connectivity index (χ1n) is 6.40. The molecule has 0 fully saturated rings. The number of rotatable bonds is 6. The Labute approximate surface area is 137 Å². The fourth-order valence-electron chi connectivity index (χ4n) is 1.84. The topological polar surface area (TPSA) is 103 Å². The van der Waals surface area contributed by atoms with Gasteiger partial charge in [0, 0.05) is 19.7 Å². The SMILES string of the molecule is COC(=O)c1cc(S(=O)(=O)N(C)CC(C)(C)CN)c(C)o1.Cl. The molecule has 0 spiro atoms. The van der Waals surface area contributed by atoms with E-state index in [1.54, 1.807) is 0 Å². The molecule has 0 aliphatic heterocycles. The van der Waals surface area contributed by atoms with Crippen LogP contribution in [0.5, 0.6) is 0 Å². The van der Waals surface area contributed by atoms with Gasteiger partial charge in [0.15, 0.2) is 0 Å². The van der Waals surface area contributed by atoms with Crippen LogP contribution in [0, 0.1) is 12.3 Å². The summed E-state index contributed by atoms with van der Waals surface area (Å²) in [6, 6.07) is 1.18. The molecule has 0 aliphatic carbocycles. The lowest BCUT2D eigenvalue weighted by atomic mass is 9.94. The maximum Gasteiger partial charge on any atom is 0.373 e. The van der Waals surface area contributed by atoms with E-state index in [0.717, 1.165) is 0 Å². The van der Waals surface area contributed by atoms with Gasteiger partial charge in [0.2, 0.25) is 15.8 Å². The van der Waals surface area contributed by atoms with Crippen LogP contribution in [0.4, 0.5) is 0 Å². The first kappa shape index (κ1) is 20.9. The second-order valence-corrected chi connectivity index (χ2v) is 7.67. The van der Waals surface area contributed by atoms with E-state index in [2.05, 4.69) is 4.74 Å². The van der Waals surface area contributed by atoms with E-state index in [-0.39, 0.29) is 40.8 Å². The Kier molecular flexibility index (Phi) is 7.08. The van der Waals surface area contributed by atoms with E-state index in [9.17, 15) is 13.2 Å². The number of methoxy groups -OCH3 is 1.